The molecule has 1 heterocycles. The van der Waals surface area contributed by atoms with E-state index in [9.17, 15) is 9.18 Å². The molecule has 0 bridgehead atoms. The quantitative estimate of drug-likeness (QED) is 0.717. The van der Waals surface area contributed by atoms with Crippen molar-refractivity contribution in [3.8, 4) is 0 Å². The highest BCUT2D eigenvalue weighted by molar-refractivity contribution is 5.93. The minimum Gasteiger partial charge on any atom is -0.326 e. The van der Waals surface area contributed by atoms with E-state index in [4.69, 9.17) is 0 Å². The summed E-state index contributed by atoms with van der Waals surface area (Å²) in [5.41, 5.74) is 1.64. The first-order valence-electron chi connectivity index (χ1n) is 5.76. The first-order chi connectivity index (χ1) is 7.66. The molecule has 2 nitrogen and oxygen atoms in total. The fourth-order valence-electron chi connectivity index (χ4n) is 1.64. The van der Waals surface area contributed by atoms with E-state index < -0.39 is 0 Å². The van der Waals surface area contributed by atoms with Gasteiger partial charge in [-0.2, -0.15) is 0 Å². The summed E-state index contributed by atoms with van der Waals surface area (Å²) in [6.45, 7) is 5.89. The van der Waals surface area contributed by atoms with Crippen molar-refractivity contribution in [2.45, 2.75) is 33.6 Å². The van der Waals surface area contributed by atoms with E-state index in [0.29, 0.717) is 5.69 Å². The van der Waals surface area contributed by atoms with Gasteiger partial charge in [-0.05, 0) is 30.5 Å². The smallest absolute Gasteiger partial charge is 0.227 e. The summed E-state index contributed by atoms with van der Waals surface area (Å²) in [6.07, 6.45) is 1.65. The molecule has 1 aromatic carbocycles. The van der Waals surface area contributed by atoms with E-state index in [0.717, 1.165) is 18.4 Å². The number of rotatable bonds is 0. The molecule has 1 atom stereocenters. The van der Waals surface area contributed by atoms with Crippen molar-refractivity contribution in [1.29, 1.82) is 0 Å². The molecule has 1 unspecified atom stereocenters. The lowest BCUT2D eigenvalue weighted by atomic mass is 10.0. The summed E-state index contributed by atoms with van der Waals surface area (Å²) in [7, 11) is 0. The topological polar surface area (TPSA) is 29.1 Å². The van der Waals surface area contributed by atoms with Gasteiger partial charge in [0, 0.05) is 11.6 Å². The summed E-state index contributed by atoms with van der Waals surface area (Å²) in [5.74, 6) is -0.321. The lowest BCUT2D eigenvalue weighted by molar-refractivity contribution is -0.119. The minimum absolute atomic E-state index is 0.00506. The third kappa shape index (κ3) is 2.81. The van der Waals surface area contributed by atoms with Gasteiger partial charge in [0.2, 0.25) is 5.91 Å². The van der Waals surface area contributed by atoms with Gasteiger partial charge in [-0.1, -0.05) is 26.8 Å². The number of amides is 1. The number of carbonyl (C=O) groups is 1. The number of hydrogen-bond donors (Lipinski definition) is 1. The lowest BCUT2D eigenvalue weighted by Crippen LogP contribution is -2.18. The van der Waals surface area contributed by atoms with Gasteiger partial charge in [0.25, 0.3) is 0 Å². The van der Waals surface area contributed by atoms with Crippen LogP contribution in [0.2, 0.25) is 0 Å². The molecule has 3 heteroatoms. The van der Waals surface area contributed by atoms with Gasteiger partial charge in [-0.25, -0.2) is 4.39 Å². The molecule has 0 aromatic heterocycles. The van der Waals surface area contributed by atoms with Crippen molar-refractivity contribution >= 4 is 11.6 Å². The molecule has 0 saturated heterocycles. The Bertz CT molecular complexity index is 376. The Morgan fingerprint density at radius 1 is 1.38 bits per heavy atom. The Morgan fingerprint density at radius 3 is 2.75 bits per heavy atom. The maximum Gasteiger partial charge on any atom is 0.227 e. The fraction of sp³-hybridized carbons (Fsp3) is 0.462. The summed E-state index contributed by atoms with van der Waals surface area (Å²) in [5, 5.41) is 2.73. The number of anilines is 1. The molecular formula is C13H18FNO. The van der Waals surface area contributed by atoms with Crippen LogP contribution in [0.1, 0.15) is 32.8 Å². The summed E-state index contributed by atoms with van der Waals surface area (Å²) in [6, 6.07) is 4.55. The summed E-state index contributed by atoms with van der Waals surface area (Å²) < 4.78 is 12.9. The molecule has 1 N–H and O–H groups in total. The molecule has 1 amide bonds. The largest absolute Gasteiger partial charge is 0.326 e. The van der Waals surface area contributed by atoms with Crippen LogP contribution in [0.25, 0.3) is 0 Å². The Kier molecular flexibility index (Phi) is 4.47. The molecule has 16 heavy (non-hydrogen) atoms. The van der Waals surface area contributed by atoms with Crippen LogP contribution in [-0.2, 0) is 11.2 Å². The minimum atomic E-state index is -0.307. The summed E-state index contributed by atoms with van der Waals surface area (Å²) >= 11 is 0. The van der Waals surface area contributed by atoms with Gasteiger partial charge in [0.15, 0.2) is 0 Å². The number of halogens is 1. The van der Waals surface area contributed by atoms with Crippen LogP contribution in [0.15, 0.2) is 18.2 Å². The Balaban J connectivity index is 0.000000606. The predicted octanol–water partition coefficient (Wildman–Crippen LogP) is 3.37. The van der Waals surface area contributed by atoms with Crippen LogP contribution >= 0.6 is 0 Å². The molecule has 0 saturated carbocycles. The molecule has 0 spiro atoms. The third-order valence-corrected chi connectivity index (χ3v) is 2.62. The highest BCUT2D eigenvalue weighted by Gasteiger charge is 2.19. The van der Waals surface area contributed by atoms with Crippen molar-refractivity contribution in [3.63, 3.8) is 0 Å². The molecule has 0 radical (unpaired) electrons. The van der Waals surface area contributed by atoms with Gasteiger partial charge < -0.3 is 5.32 Å². The van der Waals surface area contributed by atoms with Crippen LogP contribution in [-0.4, -0.2) is 5.91 Å². The number of aryl methyl sites for hydroxylation is 1. The van der Waals surface area contributed by atoms with E-state index >= 15 is 0 Å². The molecular weight excluding hydrogens is 205 g/mol. The van der Waals surface area contributed by atoms with E-state index in [1.54, 1.807) is 6.07 Å². The molecule has 1 aliphatic heterocycles. The zero-order chi connectivity index (χ0) is 12.1. The van der Waals surface area contributed by atoms with Crippen molar-refractivity contribution < 1.29 is 9.18 Å². The lowest BCUT2D eigenvalue weighted by Gasteiger charge is -2.06. The first kappa shape index (κ1) is 12.7. The maximum atomic E-state index is 12.9. The number of benzene rings is 1. The zero-order valence-corrected chi connectivity index (χ0v) is 10.0. The van der Waals surface area contributed by atoms with Gasteiger partial charge in [0.05, 0.1) is 0 Å². The van der Waals surface area contributed by atoms with E-state index in [2.05, 4.69) is 5.32 Å². The van der Waals surface area contributed by atoms with Crippen LogP contribution in [0.5, 0.6) is 0 Å². The number of hydrogen-bond acceptors (Lipinski definition) is 1. The first-order valence-corrected chi connectivity index (χ1v) is 5.76. The van der Waals surface area contributed by atoms with Crippen molar-refractivity contribution in [2.75, 3.05) is 5.32 Å². The van der Waals surface area contributed by atoms with Gasteiger partial charge in [0.1, 0.15) is 5.82 Å². The van der Waals surface area contributed by atoms with Crippen LogP contribution in [0.4, 0.5) is 10.1 Å². The molecule has 0 fully saturated rings. The molecule has 1 aromatic rings. The standard InChI is InChI=1S/C11H12FNO.C2H6/c1-7-2-3-8-4-5-9(12)6-10(8)13-11(7)14;1-2/h4-7H,2-3H2,1H3,(H,13,14);1-2H3. The summed E-state index contributed by atoms with van der Waals surface area (Å²) in [4.78, 5) is 11.5. The van der Waals surface area contributed by atoms with Crippen LogP contribution < -0.4 is 5.32 Å². The second-order valence-corrected chi connectivity index (χ2v) is 3.73. The number of nitrogens with one attached hydrogen (secondary N) is 1. The van der Waals surface area contributed by atoms with Gasteiger partial charge in [-0.15, -0.1) is 0 Å². The van der Waals surface area contributed by atoms with Crippen LogP contribution in [0, 0.1) is 11.7 Å². The van der Waals surface area contributed by atoms with Gasteiger partial charge in [-0.3, -0.25) is 4.79 Å². The van der Waals surface area contributed by atoms with Crippen molar-refractivity contribution in [3.05, 3.63) is 29.6 Å². The zero-order valence-electron chi connectivity index (χ0n) is 10.0. The third-order valence-electron chi connectivity index (χ3n) is 2.62. The molecule has 1 aliphatic rings. The van der Waals surface area contributed by atoms with Gasteiger partial charge >= 0.3 is 0 Å². The number of carbonyl (C=O) groups excluding carboxylic acids is 1. The molecule has 2 rings (SSSR count). The highest BCUT2D eigenvalue weighted by atomic mass is 19.1. The van der Waals surface area contributed by atoms with E-state index in [-0.39, 0.29) is 17.6 Å². The SMILES string of the molecule is CC.CC1CCc2ccc(F)cc2NC1=O. The predicted molar refractivity (Wildman–Crippen MR) is 63.9 cm³/mol. The second kappa shape index (κ2) is 5.64. The molecule has 0 aliphatic carbocycles. The maximum absolute atomic E-state index is 12.9. The Labute approximate surface area is 95.9 Å². The Morgan fingerprint density at radius 2 is 2.06 bits per heavy atom. The van der Waals surface area contributed by atoms with Crippen LogP contribution in [0.3, 0.4) is 0 Å². The number of fused-ring (bicyclic) bond motifs is 1. The average molecular weight is 223 g/mol. The second-order valence-electron chi connectivity index (χ2n) is 3.73. The fourth-order valence-corrected chi connectivity index (χ4v) is 1.64. The Hall–Kier alpha value is -1.38. The van der Waals surface area contributed by atoms with Crippen molar-refractivity contribution in [1.82, 2.24) is 0 Å². The molecule has 88 valence electrons. The van der Waals surface area contributed by atoms with Crippen molar-refractivity contribution in [2.24, 2.45) is 5.92 Å². The normalized spacial score (nSPS) is 18.8. The van der Waals surface area contributed by atoms with E-state index in [1.165, 1.54) is 12.1 Å². The van der Waals surface area contributed by atoms with E-state index in [1.807, 2.05) is 20.8 Å². The average Bonchev–Trinajstić information content (AvgIpc) is 2.42. The highest BCUT2D eigenvalue weighted by Crippen LogP contribution is 2.24. The monoisotopic (exact) mass is 223 g/mol.